The Labute approximate surface area is 183 Å². The smallest absolute Gasteiger partial charge is 0.287 e. The Balaban J connectivity index is 1.41. The lowest BCUT2D eigenvalue weighted by atomic mass is 10.1. The molecule has 1 N–H and O–H groups in total. The fraction of sp³-hybridized carbons (Fsp3) is 0.300. The molecule has 160 valence electrons. The number of rotatable bonds is 5. The van der Waals surface area contributed by atoms with Crippen molar-refractivity contribution in [3.8, 4) is 11.4 Å². The van der Waals surface area contributed by atoms with Crippen LogP contribution in [-0.2, 0) is 11.3 Å². The van der Waals surface area contributed by atoms with Gasteiger partial charge in [-0.1, -0.05) is 29.8 Å². The zero-order valence-corrected chi connectivity index (χ0v) is 17.7. The zero-order chi connectivity index (χ0) is 22.0. The van der Waals surface area contributed by atoms with Crippen LogP contribution in [-0.4, -0.2) is 61.7 Å². The number of hydrogen-bond acceptors (Lipinski definition) is 7. The molecular formula is C20H21N7O3S. The SMILES string of the molecule is Cc1ccc(-c2n[nH]c(=S)n2CC(=O)N2CCN(c3ccc([N+](=O)[O-])cn3)CC2)cc1. The number of nitrogens with one attached hydrogen (secondary N) is 1. The highest BCUT2D eigenvalue weighted by atomic mass is 32.1. The van der Waals surface area contributed by atoms with Crippen LogP contribution in [0.2, 0.25) is 0 Å². The van der Waals surface area contributed by atoms with Crippen LogP contribution in [0.3, 0.4) is 0 Å². The van der Waals surface area contributed by atoms with E-state index in [2.05, 4.69) is 15.2 Å². The molecule has 1 aliphatic rings. The molecular weight excluding hydrogens is 418 g/mol. The van der Waals surface area contributed by atoms with Crippen molar-refractivity contribution in [3.63, 3.8) is 0 Å². The summed E-state index contributed by atoms with van der Waals surface area (Å²) >= 11 is 5.34. The molecule has 4 rings (SSSR count). The summed E-state index contributed by atoms with van der Waals surface area (Å²) in [6.45, 7) is 4.37. The number of aromatic amines is 1. The van der Waals surface area contributed by atoms with Crippen LogP contribution < -0.4 is 4.90 Å². The van der Waals surface area contributed by atoms with Gasteiger partial charge in [-0.2, -0.15) is 5.10 Å². The number of nitro groups is 1. The number of piperazine rings is 1. The Morgan fingerprint density at radius 2 is 1.87 bits per heavy atom. The van der Waals surface area contributed by atoms with Gasteiger partial charge in [-0.3, -0.25) is 24.6 Å². The topological polar surface area (TPSA) is 113 Å². The number of pyridine rings is 1. The van der Waals surface area contributed by atoms with Gasteiger partial charge in [-0.05, 0) is 25.2 Å². The molecule has 1 saturated heterocycles. The van der Waals surface area contributed by atoms with Gasteiger partial charge in [0, 0.05) is 37.8 Å². The number of anilines is 1. The van der Waals surface area contributed by atoms with Crippen LogP contribution in [0.4, 0.5) is 11.5 Å². The normalized spacial score (nSPS) is 14.0. The molecule has 0 atom stereocenters. The third-order valence-electron chi connectivity index (χ3n) is 5.26. The largest absolute Gasteiger partial charge is 0.353 e. The van der Waals surface area contributed by atoms with Gasteiger partial charge in [0.2, 0.25) is 5.91 Å². The molecule has 1 aliphatic heterocycles. The lowest BCUT2D eigenvalue weighted by Crippen LogP contribution is -2.49. The highest BCUT2D eigenvalue weighted by Gasteiger charge is 2.23. The zero-order valence-electron chi connectivity index (χ0n) is 16.9. The number of aryl methyl sites for hydroxylation is 1. The number of aromatic nitrogens is 4. The Morgan fingerprint density at radius 3 is 2.48 bits per heavy atom. The summed E-state index contributed by atoms with van der Waals surface area (Å²) in [5.41, 5.74) is 1.99. The van der Waals surface area contributed by atoms with E-state index in [1.807, 2.05) is 36.1 Å². The highest BCUT2D eigenvalue weighted by molar-refractivity contribution is 7.71. The fourth-order valence-corrected chi connectivity index (χ4v) is 3.68. The summed E-state index contributed by atoms with van der Waals surface area (Å²) in [6, 6.07) is 11.0. The minimum Gasteiger partial charge on any atom is -0.353 e. The van der Waals surface area contributed by atoms with Crippen molar-refractivity contribution in [3.05, 3.63) is 63.0 Å². The third kappa shape index (κ3) is 4.45. The van der Waals surface area contributed by atoms with E-state index in [1.165, 1.54) is 12.3 Å². The number of carbonyl (C=O) groups excluding carboxylic acids is 1. The third-order valence-corrected chi connectivity index (χ3v) is 5.57. The van der Waals surface area contributed by atoms with Crippen molar-refractivity contribution in [1.29, 1.82) is 0 Å². The maximum absolute atomic E-state index is 12.9. The number of nitrogens with zero attached hydrogens (tertiary/aromatic N) is 6. The summed E-state index contributed by atoms with van der Waals surface area (Å²) < 4.78 is 2.12. The van der Waals surface area contributed by atoms with Gasteiger partial charge in [0.05, 0.1) is 4.92 Å². The van der Waals surface area contributed by atoms with Crippen molar-refractivity contribution in [2.75, 3.05) is 31.1 Å². The molecule has 1 aromatic carbocycles. The van der Waals surface area contributed by atoms with Gasteiger partial charge < -0.3 is 9.80 Å². The van der Waals surface area contributed by atoms with E-state index in [9.17, 15) is 14.9 Å². The molecule has 2 aromatic heterocycles. The van der Waals surface area contributed by atoms with Gasteiger partial charge in [-0.15, -0.1) is 0 Å². The molecule has 0 aliphatic carbocycles. The summed E-state index contributed by atoms with van der Waals surface area (Å²) in [5, 5.41) is 17.9. The van der Waals surface area contributed by atoms with Crippen molar-refractivity contribution in [1.82, 2.24) is 24.6 Å². The van der Waals surface area contributed by atoms with Crippen LogP contribution in [0.15, 0.2) is 42.6 Å². The average molecular weight is 440 g/mol. The lowest BCUT2D eigenvalue weighted by Gasteiger charge is -2.35. The molecule has 1 fully saturated rings. The maximum atomic E-state index is 12.9. The van der Waals surface area contributed by atoms with Crippen molar-refractivity contribution >= 4 is 29.6 Å². The number of hydrogen-bond donors (Lipinski definition) is 1. The molecule has 0 unspecified atom stereocenters. The van der Waals surface area contributed by atoms with Gasteiger partial charge in [0.15, 0.2) is 10.6 Å². The molecule has 10 nitrogen and oxygen atoms in total. The minimum absolute atomic E-state index is 0.0397. The van der Waals surface area contributed by atoms with Gasteiger partial charge in [0.25, 0.3) is 5.69 Å². The number of H-pyrrole nitrogens is 1. The quantitative estimate of drug-likeness (QED) is 0.369. The highest BCUT2D eigenvalue weighted by Crippen LogP contribution is 2.20. The molecule has 0 radical (unpaired) electrons. The van der Waals surface area contributed by atoms with E-state index in [-0.39, 0.29) is 18.1 Å². The van der Waals surface area contributed by atoms with Crippen LogP contribution >= 0.6 is 12.2 Å². The van der Waals surface area contributed by atoms with E-state index in [1.54, 1.807) is 15.5 Å². The van der Waals surface area contributed by atoms with Crippen LogP contribution in [0.5, 0.6) is 0 Å². The average Bonchev–Trinajstić information content (AvgIpc) is 3.14. The molecule has 1 amide bonds. The van der Waals surface area contributed by atoms with Crippen molar-refractivity contribution in [2.24, 2.45) is 0 Å². The molecule has 3 heterocycles. The summed E-state index contributed by atoms with van der Waals surface area (Å²) in [6.07, 6.45) is 1.25. The van der Waals surface area contributed by atoms with Crippen LogP contribution in [0.25, 0.3) is 11.4 Å². The Hall–Kier alpha value is -3.60. The molecule has 0 bridgehead atoms. The Kier molecular flexibility index (Phi) is 5.76. The first-order valence-electron chi connectivity index (χ1n) is 9.78. The first-order valence-corrected chi connectivity index (χ1v) is 10.2. The van der Waals surface area contributed by atoms with E-state index in [4.69, 9.17) is 12.2 Å². The minimum atomic E-state index is -0.473. The van der Waals surface area contributed by atoms with Crippen molar-refractivity contribution < 1.29 is 9.72 Å². The molecule has 0 saturated carbocycles. The predicted molar refractivity (Wildman–Crippen MR) is 117 cm³/mol. The first kappa shape index (κ1) is 20.7. The van der Waals surface area contributed by atoms with Crippen molar-refractivity contribution in [2.45, 2.75) is 13.5 Å². The van der Waals surface area contributed by atoms with Crippen LogP contribution in [0.1, 0.15) is 5.56 Å². The Morgan fingerprint density at radius 1 is 1.16 bits per heavy atom. The maximum Gasteiger partial charge on any atom is 0.287 e. The summed E-state index contributed by atoms with van der Waals surface area (Å²) in [7, 11) is 0. The number of amides is 1. The predicted octanol–water partition coefficient (Wildman–Crippen LogP) is 2.57. The standard InChI is InChI=1S/C20H21N7O3S/c1-14-2-4-15(5-3-14)19-22-23-20(31)26(19)13-18(28)25-10-8-24(9-11-25)17-7-6-16(12-21-17)27(29)30/h2-7,12H,8-11,13H2,1H3,(H,23,31). The first-order chi connectivity index (χ1) is 14.9. The second-order valence-electron chi connectivity index (χ2n) is 7.30. The van der Waals surface area contributed by atoms with E-state index >= 15 is 0 Å². The fourth-order valence-electron chi connectivity index (χ4n) is 3.48. The van der Waals surface area contributed by atoms with E-state index in [0.717, 1.165) is 11.1 Å². The molecule has 3 aromatic rings. The molecule has 11 heteroatoms. The van der Waals surface area contributed by atoms with E-state index in [0.29, 0.717) is 42.6 Å². The Bertz CT molecular complexity index is 1150. The van der Waals surface area contributed by atoms with Gasteiger partial charge in [-0.25, -0.2) is 4.98 Å². The second-order valence-corrected chi connectivity index (χ2v) is 7.69. The lowest BCUT2D eigenvalue weighted by molar-refractivity contribution is -0.385. The monoisotopic (exact) mass is 439 g/mol. The van der Waals surface area contributed by atoms with Gasteiger partial charge >= 0.3 is 0 Å². The molecule has 31 heavy (non-hydrogen) atoms. The number of benzene rings is 1. The van der Waals surface area contributed by atoms with Crippen LogP contribution in [0, 0.1) is 21.8 Å². The summed E-state index contributed by atoms with van der Waals surface area (Å²) in [5.74, 6) is 1.26. The number of carbonyl (C=O) groups is 1. The second kappa shape index (κ2) is 8.64. The molecule has 0 spiro atoms. The summed E-state index contributed by atoms with van der Waals surface area (Å²) in [4.78, 5) is 31.2. The van der Waals surface area contributed by atoms with E-state index < -0.39 is 4.92 Å². The van der Waals surface area contributed by atoms with Gasteiger partial charge in [0.1, 0.15) is 18.6 Å².